The van der Waals surface area contributed by atoms with Crippen molar-refractivity contribution in [2.24, 2.45) is 0 Å². The molecule has 0 saturated carbocycles. The van der Waals surface area contributed by atoms with Crippen molar-refractivity contribution in [1.82, 2.24) is 0 Å². The summed E-state index contributed by atoms with van der Waals surface area (Å²) >= 11 is 28.5. The highest BCUT2D eigenvalue weighted by atomic mass is 32.3. The molecule has 0 saturated heterocycles. The summed E-state index contributed by atoms with van der Waals surface area (Å²) in [7, 11) is 0. The van der Waals surface area contributed by atoms with E-state index in [1.165, 1.54) is 54.8 Å². The Morgan fingerprint density at radius 1 is 0.357 bits per heavy atom. The summed E-state index contributed by atoms with van der Waals surface area (Å²) in [4.78, 5) is 0. The summed E-state index contributed by atoms with van der Waals surface area (Å²) in [5.41, 5.74) is 4.29. The van der Waals surface area contributed by atoms with Crippen LogP contribution in [0, 0.1) is 0 Å². The van der Waals surface area contributed by atoms with E-state index in [0.29, 0.717) is 0 Å². The van der Waals surface area contributed by atoms with Crippen molar-refractivity contribution >= 4 is 176 Å². The number of benzene rings is 1. The average Bonchev–Trinajstić information content (AvgIpc) is 3.86. The molecule has 7 rings (SSSR count). The van der Waals surface area contributed by atoms with E-state index in [0.717, 1.165) is 17.3 Å². The Kier molecular flexibility index (Phi) is 12.8. The van der Waals surface area contributed by atoms with Crippen molar-refractivity contribution in [3.8, 4) is 0 Å². The highest BCUT2D eigenvalue weighted by Gasteiger charge is 2.22. The smallest absolute Gasteiger partial charge is 0.0705 e. The van der Waals surface area contributed by atoms with E-state index < -0.39 is 0 Å². The van der Waals surface area contributed by atoms with Gasteiger partial charge in [0.15, 0.2) is 0 Å². The van der Waals surface area contributed by atoms with Crippen LogP contribution in [0.1, 0.15) is 16.7 Å². The number of hydrogen-bond donors (Lipinski definition) is 0. The first-order valence-corrected chi connectivity index (χ1v) is 25.4. The molecule has 1 aromatic rings. The van der Waals surface area contributed by atoms with Gasteiger partial charge in [-0.3, -0.25) is 0 Å². The molecule has 0 aliphatic carbocycles. The van der Waals surface area contributed by atoms with Crippen molar-refractivity contribution in [1.29, 1.82) is 0 Å². The summed E-state index contributed by atoms with van der Waals surface area (Å²) in [5.74, 6) is 3.02. The molecule has 1 aromatic carbocycles. The third-order valence-corrected chi connectivity index (χ3v) is 24.7. The Morgan fingerprint density at radius 2 is 0.643 bits per heavy atom. The van der Waals surface area contributed by atoms with Crippen molar-refractivity contribution in [2.75, 3.05) is 0 Å². The van der Waals surface area contributed by atoms with Crippen LogP contribution in [0.15, 0.2) is 105 Å². The van der Waals surface area contributed by atoms with Gasteiger partial charge in [-0.15, -0.1) is 35.3 Å². The van der Waals surface area contributed by atoms with Crippen molar-refractivity contribution in [2.45, 2.75) is 17.3 Å². The van der Waals surface area contributed by atoms with Gasteiger partial charge in [0, 0.05) is 17.3 Å². The SMILES string of the molecule is C1=CSC(=C2SC=C(SCc3cc(CSC4=CSC(=C5SC=CS5)S4)cc(CSC4=CSC(=C5SC=CS5)S4)c3)S2)S1. The summed E-state index contributed by atoms with van der Waals surface area (Å²) in [6.07, 6.45) is 0. The molecule has 6 aliphatic rings. The quantitative estimate of drug-likeness (QED) is 0.232. The molecule has 0 unspecified atom stereocenters. The van der Waals surface area contributed by atoms with E-state index in [2.05, 4.69) is 66.9 Å². The minimum atomic E-state index is 1.01. The fraction of sp³-hybridized carbons (Fsp3) is 0.111. The molecule has 6 heterocycles. The van der Waals surface area contributed by atoms with Gasteiger partial charge in [0.2, 0.25) is 0 Å². The van der Waals surface area contributed by atoms with Gasteiger partial charge in [0.1, 0.15) is 0 Å². The first-order chi connectivity index (χ1) is 20.7. The van der Waals surface area contributed by atoms with Crippen LogP contribution < -0.4 is 0 Å². The van der Waals surface area contributed by atoms with Gasteiger partial charge in [-0.1, -0.05) is 159 Å². The molecule has 0 atom stereocenters. The third kappa shape index (κ3) is 8.97. The molecule has 6 aliphatic heterocycles. The lowest BCUT2D eigenvalue weighted by Crippen LogP contribution is -1.91. The largest absolute Gasteiger partial charge is 0.114 e. The second-order valence-electron chi connectivity index (χ2n) is 8.24. The highest BCUT2D eigenvalue weighted by Crippen LogP contribution is 2.58. The molecule has 42 heavy (non-hydrogen) atoms. The fourth-order valence-corrected chi connectivity index (χ4v) is 21.0. The number of thioether (sulfide) groups is 15. The Balaban J connectivity index is 0.996. The molecular weight excluding hydrogens is 805 g/mol. The van der Waals surface area contributed by atoms with Gasteiger partial charge in [0.25, 0.3) is 0 Å². The summed E-state index contributed by atoms with van der Waals surface area (Å²) in [6, 6.07) is 7.32. The second kappa shape index (κ2) is 16.5. The van der Waals surface area contributed by atoms with E-state index in [9.17, 15) is 0 Å². The molecule has 15 heteroatoms. The van der Waals surface area contributed by atoms with Crippen molar-refractivity contribution < 1.29 is 0 Å². The van der Waals surface area contributed by atoms with Crippen LogP contribution in [-0.4, -0.2) is 0 Å². The van der Waals surface area contributed by atoms with Crippen molar-refractivity contribution in [3.63, 3.8) is 0 Å². The Labute approximate surface area is 311 Å². The minimum Gasteiger partial charge on any atom is -0.114 e. The van der Waals surface area contributed by atoms with Gasteiger partial charge >= 0.3 is 0 Å². The van der Waals surface area contributed by atoms with Gasteiger partial charge in [-0.25, -0.2) is 0 Å². The predicted molar refractivity (Wildman–Crippen MR) is 224 cm³/mol. The lowest BCUT2D eigenvalue weighted by Gasteiger charge is -2.11. The van der Waals surface area contributed by atoms with E-state index in [1.54, 1.807) is 0 Å². The normalized spacial score (nSPS) is 21.6. The molecule has 0 aromatic heterocycles. The monoisotopic (exact) mass is 822 g/mol. The standard InChI is InChI=1S/C27H18S15/c1-2-29-22(28-1)25-37-13-19(40-25)34-10-16-7-17(11-35-20-14-38-26(41-20)23-30-3-4-31-23)9-18(8-16)12-36-21-15-39-27(42-21)24-32-5-6-33-24/h1-9,13-15H,10-12H2. The Bertz CT molecular complexity index is 1310. The Hall–Kier alpha value is 2.13. The Morgan fingerprint density at radius 3 is 0.929 bits per heavy atom. The fourth-order valence-electron chi connectivity index (χ4n) is 3.65. The highest BCUT2D eigenvalue weighted by molar-refractivity contribution is 8.39. The average molecular weight is 823 g/mol. The molecule has 0 nitrogen and oxygen atoms in total. The minimum absolute atomic E-state index is 1.01. The van der Waals surface area contributed by atoms with Gasteiger partial charge in [-0.2, -0.15) is 0 Å². The zero-order valence-corrected chi connectivity index (χ0v) is 33.4. The molecule has 0 spiro atoms. The lowest BCUT2D eigenvalue weighted by atomic mass is 10.1. The maximum Gasteiger partial charge on any atom is 0.0705 e. The van der Waals surface area contributed by atoms with Crippen LogP contribution in [0.5, 0.6) is 0 Å². The second-order valence-corrected chi connectivity index (χ2v) is 24.9. The van der Waals surface area contributed by atoms with E-state index >= 15 is 0 Å². The van der Waals surface area contributed by atoms with Crippen LogP contribution >= 0.6 is 176 Å². The van der Waals surface area contributed by atoms with Crippen LogP contribution in [-0.2, 0) is 17.3 Å². The van der Waals surface area contributed by atoms with Crippen molar-refractivity contribution in [3.05, 3.63) is 122 Å². The molecule has 216 valence electrons. The molecule has 0 bridgehead atoms. The lowest BCUT2D eigenvalue weighted by molar-refractivity contribution is 1.27. The molecule has 0 radical (unpaired) electrons. The molecule has 0 amide bonds. The number of rotatable bonds is 9. The zero-order chi connectivity index (χ0) is 28.1. The summed E-state index contributed by atoms with van der Waals surface area (Å²) in [6.45, 7) is 0. The van der Waals surface area contributed by atoms with Crippen LogP contribution in [0.4, 0.5) is 0 Å². The first kappa shape index (κ1) is 32.7. The molecular formula is C27H18S15. The number of hydrogen-bond acceptors (Lipinski definition) is 15. The van der Waals surface area contributed by atoms with Gasteiger partial charge < -0.3 is 0 Å². The van der Waals surface area contributed by atoms with Gasteiger partial charge in [0.05, 0.1) is 38.1 Å². The summed E-state index contributed by atoms with van der Waals surface area (Å²) in [5, 5.41) is 20.1. The third-order valence-electron chi connectivity index (χ3n) is 5.34. The first-order valence-electron chi connectivity index (χ1n) is 12.1. The van der Waals surface area contributed by atoms with Crippen LogP contribution in [0.25, 0.3) is 0 Å². The maximum atomic E-state index is 2.44. The molecule has 0 fully saturated rings. The topological polar surface area (TPSA) is 0 Å². The van der Waals surface area contributed by atoms with E-state index in [-0.39, 0.29) is 0 Å². The predicted octanol–water partition coefficient (Wildman–Crippen LogP) is 15.5. The van der Waals surface area contributed by atoms with Crippen LogP contribution in [0.2, 0.25) is 0 Å². The maximum absolute atomic E-state index is 2.44. The van der Waals surface area contributed by atoms with E-state index in [4.69, 9.17) is 0 Å². The van der Waals surface area contributed by atoms with E-state index in [1.807, 2.05) is 176 Å². The zero-order valence-electron chi connectivity index (χ0n) is 21.2. The van der Waals surface area contributed by atoms with Crippen LogP contribution in [0.3, 0.4) is 0 Å². The van der Waals surface area contributed by atoms with Gasteiger partial charge in [-0.05, 0) is 65.4 Å². The molecule has 0 N–H and O–H groups in total. The summed E-state index contributed by atoms with van der Waals surface area (Å²) < 4.78 is 12.8.